The standard InChI is InChI=1S/C20H24NP/c1-5-18-19(20(2,3)4)21(18)22(16-12-8-6-9-13-16)17-14-10-7-11-15-17/h5-15,18-19H,1H2,2-4H3/t18-,19+,21?/m0/s1. The molecule has 3 atom stereocenters. The summed E-state index contributed by atoms with van der Waals surface area (Å²) in [6.07, 6.45) is 2.12. The van der Waals surface area contributed by atoms with Crippen molar-refractivity contribution in [2.45, 2.75) is 32.9 Å². The molecule has 1 fully saturated rings. The SMILES string of the molecule is C=C[C@H]1[C@H](C(C)(C)C)N1P(c1ccccc1)c1ccccc1. The van der Waals surface area contributed by atoms with Gasteiger partial charge in [0, 0.05) is 20.2 Å². The first-order valence-corrected chi connectivity index (χ1v) is 9.14. The third kappa shape index (κ3) is 2.89. The summed E-state index contributed by atoms with van der Waals surface area (Å²) in [5.41, 5.74) is 0.267. The van der Waals surface area contributed by atoms with Gasteiger partial charge in [-0.1, -0.05) is 87.5 Å². The van der Waals surface area contributed by atoms with Gasteiger partial charge >= 0.3 is 0 Å². The van der Waals surface area contributed by atoms with E-state index < -0.39 is 8.07 Å². The van der Waals surface area contributed by atoms with Gasteiger partial charge in [-0.05, 0) is 16.0 Å². The second-order valence-electron chi connectivity index (χ2n) is 6.90. The van der Waals surface area contributed by atoms with E-state index in [1.54, 1.807) is 0 Å². The molecule has 1 heterocycles. The fraction of sp³-hybridized carbons (Fsp3) is 0.300. The Morgan fingerprint density at radius 2 is 1.36 bits per heavy atom. The molecule has 0 aromatic heterocycles. The first-order valence-electron chi connectivity index (χ1n) is 7.85. The number of rotatable bonds is 4. The first-order chi connectivity index (χ1) is 10.5. The third-order valence-corrected chi connectivity index (χ3v) is 6.74. The van der Waals surface area contributed by atoms with Crippen molar-refractivity contribution in [3.8, 4) is 0 Å². The van der Waals surface area contributed by atoms with Gasteiger partial charge in [-0.25, -0.2) is 0 Å². The predicted octanol–water partition coefficient (Wildman–Crippen LogP) is 4.32. The summed E-state index contributed by atoms with van der Waals surface area (Å²) in [5.74, 6) is 0. The number of benzene rings is 2. The fourth-order valence-electron chi connectivity index (χ4n) is 3.20. The molecule has 2 aromatic rings. The van der Waals surface area contributed by atoms with Crippen LogP contribution in [0.3, 0.4) is 0 Å². The topological polar surface area (TPSA) is 3.01 Å². The van der Waals surface area contributed by atoms with Gasteiger partial charge in [0.15, 0.2) is 0 Å². The minimum Gasteiger partial charge on any atom is -0.261 e. The van der Waals surface area contributed by atoms with Crippen molar-refractivity contribution < 1.29 is 0 Å². The molecule has 0 N–H and O–H groups in total. The highest BCUT2D eigenvalue weighted by atomic mass is 31.1. The highest BCUT2D eigenvalue weighted by Gasteiger charge is 2.55. The lowest BCUT2D eigenvalue weighted by Gasteiger charge is -2.24. The summed E-state index contributed by atoms with van der Waals surface area (Å²) < 4.78 is 2.66. The largest absolute Gasteiger partial charge is 0.261 e. The molecule has 2 aromatic carbocycles. The van der Waals surface area contributed by atoms with Gasteiger partial charge in [0.1, 0.15) is 0 Å². The summed E-state index contributed by atoms with van der Waals surface area (Å²) >= 11 is 0. The van der Waals surface area contributed by atoms with E-state index in [0.29, 0.717) is 12.1 Å². The minimum absolute atomic E-state index is 0.267. The van der Waals surface area contributed by atoms with Gasteiger partial charge in [0.2, 0.25) is 0 Å². The normalized spacial score (nSPS) is 24.3. The van der Waals surface area contributed by atoms with Crippen LogP contribution in [0.25, 0.3) is 0 Å². The van der Waals surface area contributed by atoms with Crippen LogP contribution >= 0.6 is 8.07 Å². The van der Waals surface area contributed by atoms with E-state index >= 15 is 0 Å². The summed E-state index contributed by atoms with van der Waals surface area (Å²) in [7, 11) is -0.485. The zero-order chi connectivity index (χ0) is 15.7. The van der Waals surface area contributed by atoms with Crippen molar-refractivity contribution in [1.82, 2.24) is 4.67 Å². The quantitative estimate of drug-likeness (QED) is 0.462. The molecule has 1 unspecified atom stereocenters. The van der Waals surface area contributed by atoms with Crippen LogP contribution in [0, 0.1) is 5.41 Å². The molecule has 0 amide bonds. The molecule has 22 heavy (non-hydrogen) atoms. The molecule has 3 rings (SSSR count). The van der Waals surface area contributed by atoms with E-state index in [-0.39, 0.29) is 5.41 Å². The molecular weight excluding hydrogens is 285 g/mol. The van der Waals surface area contributed by atoms with Gasteiger partial charge in [-0.3, -0.25) is 4.67 Å². The lowest BCUT2D eigenvalue weighted by atomic mass is 9.90. The van der Waals surface area contributed by atoms with Crippen LogP contribution < -0.4 is 10.6 Å². The molecule has 0 aliphatic carbocycles. The van der Waals surface area contributed by atoms with E-state index in [9.17, 15) is 0 Å². The Morgan fingerprint density at radius 1 is 0.909 bits per heavy atom. The maximum absolute atomic E-state index is 4.08. The maximum Gasteiger partial charge on any atom is 0.0486 e. The summed E-state index contributed by atoms with van der Waals surface area (Å²) in [4.78, 5) is 0. The van der Waals surface area contributed by atoms with Crippen molar-refractivity contribution in [1.29, 1.82) is 0 Å². The highest BCUT2D eigenvalue weighted by Crippen LogP contribution is 2.57. The van der Waals surface area contributed by atoms with Crippen LogP contribution in [0.1, 0.15) is 20.8 Å². The van der Waals surface area contributed by atoms with Crippen LogP contribution in [0.5, 0.6) is 0 Å². The molecule has 1 aliphatic rings. The molecule has 1 aliphatic heterocycles. The van der Waals surface area contributed by atoms with E-state index in [4.69, 9.17) is 0 Å². The minimum atomic E-state index is -0.485. The monoisotopic (exact) mass is 309 g/mol. The highest BCUT2D eigenvalue weighted by molar-refractivity contribution is 7.71. The number of nitrogens with zero attached hydrogens (tertiary/aromatic N) is 1. The Balaban J connectivity index is 2.02. The van der Waals surface area contributed by atoms with Crippen LogP contribution in [0.2, 0.25) is 0 Å². The molecule has 114 valence electrons. The zero-order valence-electron chi connectivity index (χ0n) is 13.6. The Kier molecular flexibility index (Phi) is 4.21. The summed E-state index contributed by atoms with van der Waals surface area (Å²) in [6, 6.07) is 22.9. The Bertz CT molecular complexity index is 590. The predicted molar refractivity (Wildman–Crippen MR) is 98.1 cm³/mol. The van der Waals surface area contributed by atoms with Crippen molar-refractivity contribution in [2.75, 3.05) is 0 Å². The lowest BCUT2D eigenvalue weighted by molar-refractivity contribution is 0.376. The summed E-state index contributed by atoms with van der Waals surface area (Å²) in [6.45, 7) is 11.1. The van der Waals surface area contributed by atoms with E-state index in [1.165, 1.54) is 10.6 Å². The third-order valence-electron chi connectivity index (χ3n) is 4.19. The molecule has 1 saturated heterocycles. The number of hydrogen-bond donors (Lipinski definition) is 0. The average Bonchev–Trinajstić information content (AvgIpc) is 3.24. The lowest BCUT2D eigenvalue weighted by Crippen LogP contribution is -2.22. The molecule has 2 heteroatoms. The molecule has 1 nitrogen and oxygen atoms in total. The van der Waals surface area contributed by atoms with Gasteiger partial charge < -0.3 is 0 Å². The second kappa shape index (κ2) is 5.99. The number of hydrogen-bond acceptors (Lipinski definition) is 1. The van der Waals surface area contributed by atoms with Crippen molar-refractivity contribution in [3.05, 3.63) is 73.3 Å². The molecule has 0 radical (unpaired) electrons. The Morgan fingerprint density at radius 3 is 1.68 bits per heavy atom. The van der Waals surface area contributed by atoms with Crippen molar-refractivity contribution >= 4 is 18.7 Å². The molecule has 0 bridgehead atoms. The van der Waals surface area contributed by atoms with Gasteiger partial charge in [0.25, 0.3) is 0 Å². The molecular formula is C20H24NP. The van der Waals surface area contributed by atoms with E-state index in [1.807, 2.05) is 0 Å². The van der Waals surface area contributed by atoms with Crippen LogP contribution in [0.15, 0.2) is 73.3 Å². The van der Waals surface area contributed by atoms with Crippen LogP contribution in [-0.2, 0) is 0 Å². The van der Waals surface area contributed by atoms with Gasteiger partial charge in [-0.2, -0.15) is 0 Å². The molecule has 0 saturated carbocycles. The van der Waals surface area contributed by atoms with Gasteiger partial charge in [-0.15, -0.1) is 6.58 Å². The van der Waals surface area contributed by atoms with Crippen LogP contribution in [0.4, 0.5) is 0 Å². The molecule has 0 spiro atoms. The second-order valence-corrected chi connectivity index (χ2v) is 9.02. The van der Waals surface area contributed by atoms with Crippen LogP contribution in [-0.4, -0.2) is 16.8 Å². The first kappa shape index (κ1) is 15.5. The Hall–Kier alpha value is -1.43. The summed E-state index contributed by atoms with van der Waals surface area (Å²) in [5, 5.41) is 2.84. The Labute approximate surface area is 135 Å². The van der Waals surface area contributed by atoms with Gasteiger partial charge in [0.05, 0.1) is 0 Å². The van der Waals surface area contributed by atoms with E-state index in [2.05, 4.69) is 98.8 Å². The van der Waals surface area contributed by atoms with Crippen molar-refractivity contribution in [2.24, 2.45) is 5.41 Å². The van der Waals surface area contributed by atoms with Crippen molar-refractivity contribution in [3.63, 3.8) is 0 Å². The average molecular weight is 309 g/mol. The smallest absolute Gasteiger partial charge is 0.0486 e. The maximum atomic E-state index is 4.08. The van der Waals surface area contributed by atoms with E-state index in [0.717, 1.165) is 0 Å². The fourth-order valence-corrected chi connectivity index (χ4v) is 6.10. The zero-order valence-corrected chi connectivity index (χ0v) is 14.5.